The Morgan fingerprint density at radius 2 is 1.88 bits per heavy atom. The number of anilines is 2. The Kier molecular flexibility index (Phi) is 6.47. The topological polar surface area (TPSA) is 74.3 Å². The minimum Gasteiger partial charge on any atom is -0.357 e. The Hall–Kier alpha value is -2.11. The summed E-state index contributed by atoms with van der Waals surface area (Å²) in [5.41, 5.74) is 0.734. The molecule has 3 rings (SSSR count). The lowest BCUT2D eigenvalue weighted by molar-refractivity contribution is -0.126. The molecule has 1 aliphatic carbocycles. The van der Waals surface area contributed by atoms with Gasteiger partial charge in [0.05, 0.1) is 11.9 Å². The van der Waals surface area contributed by atoms with E-state index in [1.807, 2.05) is 19.1 Å². The van der Waals surface area contributed by atoms with Crippen LogP contribution in [0.5, 0.6) is 0 Å². The number of pyridine rings is 1. The second-order valence-electron chi connectivity index (χ2n) is 7.45. The summed E-state index contributed by atoms with van der Waals surface area (Å²) in [5.74, 6) is 1.29. The Labute approximate surface area is 155 Å². The minimum absolute atomic E-state index is 0.0242. The maximum Gasteiger partial charge on any atom is 0.224 e. The molecule has 0 bridgehead atoms. The van der Waals surface area contributed by atoms with E-state index < -0.39 is 0 Å². The van der Waals surface area contributed by atoms with Gasteiger partial charge >= 0.3 is 0 Å². The van der Waals surface area contributed by atoms with Crippen LogP contribution in [0.4, 0.5) is 11.5 Å². The first-order valence-electron chi connectivity index (χ1n) is 9.97. The van der Waals surface area contributed by atoms with Crippen LogP contribution in [-0.4, -0.2) is 35.9 Å². The molecule has 2 amide bonds. The third-order valence-electron chi connectivity index (χ3n) is 5.40. The molecule has 2 aliphatic rings. The molecule has 26 heavy (non-hydrogen) atoms. The third kappa shape index (κ3) is 4.96. The number of nitrogens with zero attached hydrogens (tertiary/aromatic N) is 2. The van der Waals surface area contributed by atoms with E-state index in [0.29, 0.717) is 12.5 Å². The predicted molar refractivity (Wildman–Crippen MR) is 103 cm³/mol. The first-order chi connectivity index (χ1) is 12.7. The van der Waals surface area contributed by atoms with Crippen molar-refractivity contribution < 1.29 is 9.59 Å². The molecule has 0 atom stereocenters. The lowest BCUT2D eigenvalue weighted by Gasteiger charge is -2.32. The van der Waals surface area contributed by atoms with Gasteiger partial charge in [0.1, 0.15) is 5.82 Å². The van der Waals surface area contributed by atoms with Crippen molar-refractivity contribution in [3.05, 3.63) is 18.3 Å². The second kappa shape index (κ2) is 9.01. The third-order valence-corrected chi connectivity index (χ3v) is 5.40. The molecule has 1 aliphatic heterocycles. The van der Waals surface area contributed by atoms with Crippen molar-refractivity contribution in [2.45, 2.75) is 64.3 Å². The number of nitrogens with one attached hydrogen (secondary N) is 2. The van der Waals surface area contributed by atoms with Crippen molar-refractivity contribution in [3.8, 4) is 0 Å². The van der Waals surface area contributed by atoms with Crippen LogP contribution in [-0.2, 0) is 9.59 Å². The van der Waals surface area contributed by atoms with Gasteiger partial charge < -0.3 is 15.5 Å². The van der Waals surface area contributed by atoms with Gasteiger partial charge in [-0.1, -0.05) is 19.8 Å². The van der Waals surface area contributed by atoms with Crippen LogP contribution in [0.15, 0.2) is 18.3 Å². The fourth-order valence-corrected chi connectivity index (χ4v) is 3.86. The van der Waals surface area contributed by atoms with Crippen LogP contribution in [0.2, 0.25) is 0 Å². The molecular formula is C20H30N4O2. The molecule has 1 saturated carbocycles. The SMILES string of the molecule is CCCC(=O)Nc1ccc(N2CCC(C(=O)NC3CCCC3)CC2)nc1. The summed E-state index contributed by atoms with van der Waals surface area (Å²) in [4.78, 5) is 30.7. The van der Waals surface area contributed by atoms with E-state index in [0.717, 1.165) is 56.7 Å². The highest BCUT2D eigenvalue weighted by molar-refractivity contribution is 5.90. The van der Waals surface area contributed by atoms with Crippen molar-refractivity contribution in [2.75, 3.05) is 23.3 Å². The number of hydrogen-bond donors (Lipinski definition) is 2. The van der Waals surface area contributed by atoms with Crippen molar-refractivity contribution in [3.63, 3.8) is 0 Å². The molecule has 0 spiro atoms. The lowest BCUT2D eigenvalue weighted by atomic mass is 9.95. The van der Waals surface area contributed by atoms with Gasteiger partial charge in [-0.15, -0.1) is 0 Å². The van der Waals surface area contributed by atoms with Crippen LogP contribution in [0.25, 0.3) is 0 Å². The highest BCUT2D eigenvalue weighted by Crippen LogP contribution is 2.24. The molecular weight excluding hydrogens is 328 g/mol. The van der Waals surface area contributed by atoms with Crippen LogP contribution < -0.4 is 15.5 Å². The summed E-state index contributed by atoms with van der Waals surface area (Å²) in [5, 5.41) is 6.08. The van der Waals surface area contributed by atoms with E-state index in [1.54, 1.807) is 6.20 Å². The highest BCUT2D eigenvalue weighted by atomic mass is 16.2. The van der Waals surface area contributed by atoms with E-state index in [-0.39, 0.29) is 17.7 Å². The Bertz CT molecular complexity index is 603. The van der Waals surface area contributed by atoms with E-state index in [1.165, 1.54) is 12.8 Å². The molecule has 2 N–H and O–H groups in total. The van der Waals surface area contributed by atoms with Gasteiger partial charge in [0.25, 0.3) is 0 Å². The zero-order valence-electron chi connectivity index (χ0n) is 15.7. The Balaban J connectivity index is 1.46. The highest BCUT2D eigenvalue weighted by Gasteiger charge is 2.27. The molecule has 0 unspecified atom stereocenters. The number of aromatic nitrogens is 1. The largest absolute Gasteiger partial charge is 0.357 e. The average Bonchev–Trinajstić information content (AvgIpc) is 3.16. The zero-order chi connectivity index (χ0) is 18.4. The summed E-state index contributed by atoms with van der Waals surface area (Å²) in [6.07, 6.45) is 9.56. The molecule has 1 aromatic heterocycles. The quantitative estimate of drug-likeness (QED) is 0.819. The van der Waals surface area contributed by atoms with E-state index in [9.17, 15) is 9.59 Å². The fraction of sp³-hybridized carbons (Fsp3) is 0.650. The van der Waals surface area contributed by atoms with Gasteiger partial charge in [0.2, 0.25) is 11.8 Å². The second-order valence-corrected chi connectivity index (χ2v) is 7.45. The monoisotopic (exact) mass is 358 g/mol. The van der Waals surface area contributed by atoms with Gasteiger partial charge in [-0.25, -0.2) is 4.98 Å². The average molecular weight is 358 g/mol. The molecule has 1 saturated heterocycles. The van der Waals surface area contributed by atoms with Gasteiger partial charge in [-0.05, 0) is 44.2 Å². The van der Waals surface area contributed by atoms with Crippen molar-refractivity contribution in [1.82, 2.24) is 10.3 Å². The summed E-state index contributed by atoms with van der Waals surface area (Å²) < 4.78 is 0. The normalized spacial score (nSPS) is 18.7. The maximum absolute atomic E-state index is 12.4. The molecule has 6 nitrogen and oxygen atoms in total. The van der Waals surface area contributed by atoms with Crippen LogP contribution >= 0.6 is 0 Å². The van der Waals surface area contributed by atoms with Gasteiger partial charge in [-0.3, -0.25) is 9.59 Å². The molecule has 6 heteroatoms. The number of hydrogen-bond acceptors (Lipinski definition) is 4. The minimum atomic E-state index is 0.0242. The summed E-state index contributed by atoms with van der Waals surface area (Å²) in [6.45, 7) is 3.67. The molecule has 2 heterocycles. The van der Waals surface area contributed by atoms with Crippen molar-refractivity contribution >= 4 is 23.3 Å². The smallest absolute Gasteiger partial charge is 0.224 e. The summed E-state index contributed by atoms with van der Waals surface area (Å²) in [7, 11) is 0. The molecule has 142 valence electrons. The lowest BCUT2D eigenvalue weighted by Crippen LogP contribution is -2.43. The van der Waals surface area contributed by atoms with Gasteiger partial charge in [0.15, 0.2) is 0 Å². The first kappa shape index (κ1) is 18.7. The van der Waals surface area contributed by atoms with Gasteiger partial charge in [0, 0.05) is 31.5 Å². The zero-order valence-corrected chi connectivity index (χ0v) is 15.7. The van der Waals surface area contributed by atoms with Crippen molar-refractivity contribution in [1.29, 1.82) is 0 Å². The maximum atomic E-state index is 12.4. The standard InChI is InChI=1S/C20H30N4O2/c1-2-5-19(25)22-17-8-9-18(21-14-17)24-12-10-15(11-13-24)20(26)23-16-6-3-4-7-16/h8-9,14-16H,2-7,10-13H2,1H3,(H,22,25)(H,23,26). The van der Waals surface area contributed by atoms with Crippen LogP contribution in [0, 0.1) is 5.92 Å². The summed E-state index contributed by atoms with van der Waals surface area (Å²) >= 11 is 0. The number of carbonyl (C=O) groups is 2. The van der Waals surface area contributed by atoms with Crippen LogP contribution in [0.3, 0.4) is 0 Å². The number of carbonyl (C=O) groups excluding carboxylic acids is 2. The molecule has 1 aromatic rings. The number of amides is 2. The number of rotatable bonds is 6. The molecule has 2 fully saturated rings. The first-order valence-corrected chi connectivity index (χ1v) is 9.97. The van der Waals surface area contributed by atoms with Crippen LogP contribution in [0.1, 0.15) is 58.3 Å². The van der Waals surface area contributed by atoms with E-state index in [4.69, 9.17) is 0 Å². The van der Waals surface area contributed by atoms with Crippen molar-refractivity contribution in [2.24, 2.45) is 5.92 Å². The predicted octanol–water partition coefficient (Wildman–Crippen LogP) is 3.10. The Morgan fingerprint density at radius 1 is 1.15 bits per heavy atom. The molecule has 0 radical (unpaired) electrons. The Morgan fingerprint density at radius 3 is 2.50 bits per heavy atom. The van der Waals surface area contributed by atoms with Gasteiger partial charge in [-0.2, -0.15) is 0 Å². The van der Waals surface area contributed by atoms with E-state index >= 15 is 0 Å². The number of piperidine rings is 1. The molecule has 0 aromatic carbocycles. The fourth-order valence-electron chi connectivity index (χ4n) is 3.86. The van der Waals surface area contributed by atoms with E-state index in [2.05, 4.69) is 20.5 Å². The summed E-state index contributed by atoms with van der Waals surface area (Å²) in [6, 6.07) is 4.24.